The van der Waals surface area contributed by atoms with Crippen molar-refractivity contribution in [1.29, 1.82) is 0 Å². The molecule has 0 aromatic carbocycles. The Bertz CT molecular complexity index is 318. The summed E-state index contributed by atoms with van der Waals surface area (Å²) in [6, 6.07) is 0.485. The van der Waals surface area contributed by atoms with Gasteiger partial charge in [-0.25, -0.2) is 0 Å². The molecule has 116 valence electrons. The van der Waals surface area contributed by atoms with E-state index in [9.17, 15) is 9.59 Å². The van der Waals surface area contributed by atoms with Crippen molar-refractivity contribution in [3.05, 3.63) is 0 Å². The van der Waals surface area contributed by atoms with Gasteiger partial charge in [-0.2, -0.15) is 0 Å². The summed E-state index contributed by atoms with van der Waals surface area (Å²) in [5.74, 6) is 0.0210. The zero-order chi connectivity index (χ0) is 15.0. The molecule has 0 radical (unpaired) electrons. The molecule has 0 aromatic rings. The molecule has 5 heteroatoms. The quantitative estimate of drug-likeness (QED) is 0.689. The van der Waals surface area contributed by atoms with Gasteiger partial charge in [-0.15, -0.1) is 0 Å². The molecule has 0 bridgehead atoms. The minimum absolute atomic E-state index is 0.0215. The van der Waals surface area contributed by atoms with E-state index in [0.717, 1.165) is 13.0 Å². The molecule has 2 amide bonds. The van der Waals surface area contributed by atoms with E-state index in [1.165, 1.54) is 19.3 Å². The molecule has 1 fully saturated rings. The third-order valence-electron chi connectivity index (χ3n) is 3.32. The summed E-state index contributed by atoms with van der Waals surface area (Å²) in [5, 5.41) is 9.12. The fourth-order valence-electron chi connectivity index (χ4n) is 2.36. The Morgan fingerprint density at radius 1 is 1.15 bits per heavy atom. The van der Waals surface area contributed by atoms with Crippen molar-refractivity contribution in [3.63, 3.8) is 0 Å². The lowest BCUT2D eigenvalue weighted by Crippen LogP contribution is -2.42. The van der Waals surface area contributed by atoms with Crippen LogP contribution in [-0.2, 0) is 9.59 Å². The lowest BCUT2D eigenvalue weighted by atomic mass is 10.0. The molecule has 0 aliphatic carbocycles. The average Bonchev–Trinajstić information content (AvgIpc) is 2.35. The van der Waals surface area contributed by atoms with Crippen LogP contribution in [0.5, 0.6) is 0 Å². The molecule has 0 spiro atoms. The second kappa shape index (κ2) is 8.25. The molecule has 0 aromatic heterocycles. The van der Waals surface area contributed by atoms with Gasteiger partial charge in [0.15, 0.2) is 0 Å². The first-order valence-corrected chi connectivity index (χ1v) is 7.68. The first kappa shape index (κ1) is 17.0. The minimum atomic E-state index is -0.215. The normalized spacial score (nSPS) is 19.4. The average molecular weight is 283 g/mol. The van der Waals surface area contributed by atoms with Gasteiger partial charge in [0.05, 0.1) is 0 Å². The molecule has 3 N–H and O–H groups in total. The highest BCUT2D eigenvalue weighted by Gasteiger charge is 2.15. The van der Waals surface area contributed by atoms with Crippen LogP contribution in [0.2, 0.25) is 0 Å². The summed E-state index contributed by atoms with van der Waals surface area (Å²) in [6.45, 7) is 7.32. The molecule has 20 heavy (non-hydrogen) atoms. The number of hydrogen-bond donors (Lipinski definition) is 3. The highest BCUT2D eigenvalue weighted by atomic mass is 16.2. The van der Waals surface area contributed by atoms with Crippen LogP contribution in [0.1, 0.15) is 59.3 Å². The Kier molecular flexibility index (Phi) is 6.99. The topological polar surface area (TPSA) is 70.2 Å². The van der Waals surface area contributed by atoms with Crippen molar-refractivity contribution < 1.29 is 9.59 Å². The maximum absolute atomic E-state index is 11.7. The minimum Gasteiger partial charge on any atom is -0.356 e. The summed E-state index contributed by atoms with van der Waals surface area (Å²) in [4.78, 5) is 23.3. The van der Waals surface area contributed by atoms with E-state index in [2.05, 4.69) is 16.0 Å². The molecule has 1 unspecified atom stereocenters. The zero-order valence-corrected chi connectivity index (χ0v) is 13.1. The monoisotopic (exact) mass is 283 g/mol. The van der Waals surface area contributed by atoms with E-state index < -0.39 is 0 Å². The van der Waals surface area contributed by atoms with Gasteiger partial charge in [0.1, 0.15) is 0 Å². The number of carbonyl (C=O) groups excluding carboxylic acids is 2. The third-order valence-corrected chi connectivity index (χ3v) is 3.32. The molecular formula is C15H29N3O2. The highest BCUT2D eigenvalue weighted by molar-refractivity contribution is 5.79. The van der Waals surface area contributed by atoms with Crippen LogP contribution in [0, 0.1) is 0 Å². The Hall–Kier alpha value is -1.10. The summed E-state index contributed by atoms with van der Waals surface area (Å²) < 4.78 is 0. The number of piperidine rings is 1. The summed E-state index contributed by atoms with van der Waals surface area (Å²) >= 11 is 0. The van der Waals surface area contributed by atoms with Gasteiger partial charge < -0.3 is 16.0 Å². The molecule has 5 nitrogen and oxygen atoms in total. The van der Waals surface area contributed by atoms with E-state index in [4.69, 9.17) is 0 Å². The van der Waals surface area contributed by atoms with Crippen LogP contribution in [-0.4, -0.2) is 36.5 Å². The second-order valence-electron chi connectivity index (χ2n) is 6.58. The lowest BCUT2D eigenvalue weighted by molar-refractivity contribution is -0.123. The van der Waals surface area contributed by atoms with E-state index in [-0.39, 0.29) is 17.4 Å². The van der Waals surface area contributed by atoms with E-state index in [0.29, 0.717) is 25.4 Å². The Labute approximate surface area is 122 Å². The van der Waals surface area contributed by atoms with Crippen LogP contribution in [0.15, 0.2) is 0 Å². The molecule has 1 heterocycles. The van der Waals surface area contributed by atoms with Crippen LogP contribution >= 0.6 is 0 Å². The van der Waals surface area contributed by atoms with Crippen LogP contribution in [0.3, 0.4) is 0 Å². The molecule has 1 atom stereocenters. The summed E-state index contributed by atoms with van der Waals surface area (Å²) in [6.07, 6.45) is 5.43. The number of hydrogen-bond acceptors (Lipinski definition) is 3. The SMILES string of the molecule is CC(C)(C)NC(=O)CCNC(=O)CCC1CCCCN1. The van der Waals surface area contributed by atoms with Crippen molar-refractivity contribution in [1.82, 2.24) is 16.0 Å². The first-order chi connectivity index (χ1) is 9.37. The van der Waals surface area contributed by atoms with Gasteiger partial charge in [-0.3, -0.25) is 9.59 Å². The fourth-order valence-corrected chi connectivity index (χ4v) is 2.36. The highest BCUT2D eigenvalue weighted by Crippen LogP contribution is 2.11. The number of amides is 2. The maximum Gasteiger partial charge on any atom is 0.222 e. The van der Waals surface area contributed by atoms with Gasteiger partial charge in [-0.05, 0) is 46.6 Å². The van der Waals surface area contributed by atoms with Crippen LogP contribution < -0.4 is 16.0 Å². The van der Waals surface area contributed by atoms with Crippen molar-refractivity contribution in [2.24, 2.45) is 0 Å². The molecule has 0 saturated carbocycles. The van der Waals surface area contributed by atoms with Crippen molar-refractivity contribution in [2.75, 3.05) is 13.1 Å². The molecule has 1 saturated heterocycles. The van der Waals surface area contributed by atoms with E-state index in [1.807, 2.05) is 20.8 Å². The Morgan fingerprint density at radius 2 is 1.90 bits per heavy atom. The van der Waals surface area contributed by atoms with Gasteiger partial charge in [0.2, 0.25) is 11.8 Å². The standard InChI is InChI=1S/C15H29N3O2/c1-15(2,3)18-14(20)9-11-17-13(19)8-7-12-6-4-5-10-16-12/h12,16H,4-11H2,1-3H3,(H,17,19)(H,18,20). The number of rotatable bonds is 6. The molecule has 1 aliphatic rings. The van der Waals surface area contributed by atoms with Gasteiger partial charge >= 0.3 is 0 Å². The van der Waals surface area contributed by atoms with Crippen molar-refractivity contribution in [2.45, 2.75) is 70.9 Å². The van der Waals surface area contributed by atoms with Crippen LogP contribution in [0.25, 0.3) is 0 Å². The fraction of sp³-hybridized carbons (Fsp3) is 0.867. The first-order valence-electron chi connectivity index (χ1n) is 7.68. The largest absolute Gasteiger partial charge is 0.356 e. The zero-order valence-electron chi connectivity index (χ0n) is 13.1. The number of nitrogens with one attached hydrogen (secondary N) is 3. The Morgan fingerprint density at radius 3 is 2.50 bits per heavy atom. The predicted molar refractivity (Wildman–Crippen MR) is 80.4 cm³/mol. The maximum atomic E-state index is 11.7. The Balaban J connectivity index is 2.06. The smallest absolute Gasteiger partial charge is 0.222 e. The molecule has 1 rings (SSSR count). The lowest BCUT2D eigenvalue weighted by Gasteiger charge is -2.23. The predicted octanol–water partition coefficient (Wildman–Crippen LogP) is 1.33. The number of carbonyl (C=O) groups is 2. The van der Waals surface area contributed by atoms with Gasteiger partial charge in [-0.1, -0.05) is 6.42 Å². The van der Waals surface area contributed by atoms with E-state index >= 15 is 0 Å². The molecule has 1 aliphatic heterocycles. The van der Waals surface area contributed by atoms with Crippen LogP contribution in [0.4, 0.5) is 0 Å². The van der Waals surface area contributed by atoms with Crippen molar-refractivity contribution in [3.8, 4) is 0 Å². The molecular weight excluding hydrogens is 254 g/mol. The van der Waals surface area contributed by atoms with E-state index in [1.54, 1.807) is 0 Å². The second-order valence-corrected chi connectivity index (χ2v) is 6.58. The summed E-state index contributed by atoms with van der Waals surface area (Å²) in [5.41, 5.74) is -0.215. The van der Waals surface area contributed by atoms with Crippen molar-refractivity contribution >= 4 is 11.8 Å². The van der Waals surface area contributed by atoms with Gasteiger partial charge in [0, 0.05) is 31.0 Å². The van der Waals surface area contributed by atoms with Gasteiger partial charge in [0.25, 0.3) is 0 Å². The summed E-state index contributed by atoms with van der Waals surface area (Å²) in [7, 11) is 0. The third kappa shape index (κ3) is 8.15.